The maximum Gasteiger partial charge on any atom is 0.282 e. The summed E-state index contributed by atoms with van der Waals surface area (Å²) in [4.78, 5) is 22.8. The summed E-state index contributed by atoms with van der Waals surface area (Å²) in [5, 5.41) is 13.9. The Balaban J connectivity index is 3.02. The number of hydrogen-bond donors (Lipinski definition) is 3. The van der Waals surface area contributed by atoms with Gasteiger partial charge in [-0.3, -0.25) is 20.8 Å². The predicted molar refractivity (Wildman–Crippen MR) is 81.9 cm³/mol. The van der Waals surface area contributed by atoms with Crippen molar-refractivity contribution in [3.05, 3.63) is 33.9 Å². The van der Waals surface area contributed by atoms with Gasteiger partial charge in [-0.15, -0.1) is 0 Å². The van der Waals surface area contributed by atoms with Crippen molar-refractivity contribution in [1.82, 2.24) is 5.32 Å². The Kier molecular flexibility index (Phi) is 6.10. The van der Waals surface area contributed by atoms with Gasteiger partial charge < -0.3 is 10.7 Å². The molecule has 116 valence electrons. The Morgan fingerprint density at radius 1 is 1.38 bits per heavy atom. The summed E-state index contributed by atoms with van der Waals surface area (Å²) in [6.07, 6.45) is 1.87. The van der Waals surface area contributed by atoms with Gasteiger partial charge in [-0.25, -0.2) is 0 Å². The van der Waals surface area contributed by atoms with Crippen molar-refractivity contribution in [2.45, 2.75) is 39.7 Å². The number of rotatable bonds is 7. The number of hydrazine groups is 1. The molecule has 0 radical (unpaired) electrons. The molecule has 0 aliphatic carbocycles. The van der Waals surface area contributed by atoms with Crippen molar-refractivity contribution in [3.8, 4) is 0 Å². The topological polar surface area (TPSA) is 110 Å². The van der Waals surface area contributed by atoms with Crippen molar-refractivity contribution in [1.29, 1.82) is 0 Å². The van der Waals surface area contributed by atoms with Crippen LogP contribution in [0, 0.1) is 16.0 Å². The Morgan fingerprint density at radius 3 is 2.48 bits per heavy atom. The van der Waals surface area contributed by atoms with Crippen LogP contribution in [0.25, 0.3) is 0 Å². The summed E-state index contributed by atoms with van der Waals surface area (Å²) in [5.41, 5.74) is 2.60. The average Bonchev–Trinajstić information content (AvgIpc) is 2.47. The number of nitrogens with two attached hydrogens (primary N) is 1. The third-order valence-corrected chi connectivity index (χ3v) is 3.72. The van der Waals surface area contributed by atoms with Crippen LogP contribution in [0.4, 0.5) is 11.4 Å². The van der Waals surface area contributed by atoms with E-state index in [2.05, 4.69) is 24.6 Å². The number of nitro benzene ring substituents is 1. The Bertz CT molecular complexity index is 515. The molecule has 1 aromatic carbocycles. The van der Waals surface area contributed by atoms with E-state index in [0.717, 1.165) is 12.8 Å². The fourth-order valence-corrected chi connectivity index (χ4v) is 2.37. The number of nitrogens with zero attached hydrogens (tertiary/aromatic N) is 1. The standard InChI is InChI=1S/C14H22N4O3/c1-4-10(5-2)9(3)16-14(19)12-8-11(17-15)6-7-13(12)18(20)21/h6-10,17H,4-5,15H2,1-3H3,(H,16,19). The molecule has 1 unspecified atom stereocenters. The number of amides is 1. The fourth-order valence-electron chi connectivity index (χ4n) is 2.37. The molecule has 7 heteroatoms. The van der Waals surface area contributed by atoms with Gasteiger partial charge in [0.15, 0.2) is 0 Å². The van der Waals surface area contributed by atoms with Crippen LogP contribution in [0.1, 0.15) is 44.0 Å². The molecular formula is C14H22N4O3. The average molecular weight is 294 g/mol. The lowest BCUT2D eigenvalue weighted by Gasteiger charge is -2.22. The van der Waals surface area contributed by atoms with Crippen molar-refractivity contribution in [2.75, 3.05) is 5.43 Å². The molecule has 0 aliphatic heterocycles. The first-order valence-corrected chi connectivity index (χ1v) is 7.00. The molecule has 0 fully saturated rings. The van der Waals surface area contributed by atoms with E-state index in [9.17, 15) is 14.9 Å². The van der Waals surface area contributed by atoms with Crippen LogP contribution >= 0.6 is 0 Å². The summed E-state index contributed by atoms with van der Waals surface area (Å²) in [5.74, 6) is 5.16. The van der Waals surface area contributed by atoms with E-state index in [1.165, 1.54) is 18.2 Å². The Morgan fingerprint density at radius 2 is 2.00 bits per heavy atom. The smallest absolute Gasteiger partial charge is 0.282 e. The van der Waals surface area contributed by atoms with Gasteiger partial charge in [0.2, 0.25) is 0 Å². The van der Waals surface area contributed by atoms with Crippen LogP contribution < -0.4 is 16.6 Å². The predicted octanol–water partition coefficient (Wildman–Crippen LogP) is 2.43. The molecule has 0 saturated carbocycles. The lowest BCUT2D eigenvalue weighted by Crippen LogP contribution is -2.38. The van der Waals surface area contributed by atoms with Crippen LogP contribution in [0.2, 0.25) is 0 Å². The first-order valence-electron chi connectivity index (χ1n) is 7.00. The molecule has 21 heavy (non-hydrogen) atoms. The van der Waals surface area contributed by atoms with Gasteiger partial charge in [-0.05, 0) is 25.0 Å². The molecule has 7 nitrogen and oxygen atoms in total. The number of benzene rings is 1. The Labute approximate surface area is 124 Å². The molecule has 0 aliphatic rings. The molecule has 0 heterocycles. The zero-order valence-corrected chi connectivity index (χ0v) is 12.6. The van der Waals surface area contributed by atoms with E-state index < -0.39 is 10.8 Å². The van der Waals surface area contributed by atoms with Crippen LogP contribution in [0.3, 0.4) is 0 Å². The van der Waals surface area contributed by atoms with Crippen molar-refractivity contribution >= 4 is 17.3 Å². The fraction of sp³-hybridized carbons (Fsp3) is 0.500. The maximum absolute atomic E-state index is 12.3. The van der Waals surface area contributed by atoms with E-state index in [-0.39, 0.29) is 17.3 Å². The largest absolute Gasteiger partial charge is 0.349 e. The summed E-state index contributed by atoms with van der Waals surface area (Å²) in [7, 11) is 0. The number of hydrogen-bond acceptors (Lipinski definition) is 5. The van der Waals surface area contributed by atoms with E-state index in [1.54, 1.807) is 0 Å². The van der Waals surface area contributed by atoms with E-state index in [1.807, 2.05) is 6.92 Å². The molecule has 0 spiro atoms. The third kappa shape index (κ3) is 4.16. The molecule has 1 aromatic rings. The molecule has 4 N–H and O–H groups in total. The summed E-state index contributed by atoms with van der Waals surface area (Å²) < 4.78 is 0. The highest BCUT2D eigenvalue weighted by atomic mass is 16.6. The molecule has 1 rings (SSSR count). The van der Waals surface area contributed by atoms with Crippen molar-refractivity contribution in [2.24, 2.45) is 11.8 Å². The Hall–Kier alpha value is -2.15. The van der Waals surface area contributed by atoms with Crippen LogP contribution in [0.5, 0.6) is 0 Å². The van der Waals surface area contributed by atoms with Gasteiger partial charge in [0.1, 0.15) is 5.56 Å². The third-order valence-electron chi connectivity index (χ3n) is 3.72. The molecule has 1 amide bonds. The quantitative estimate of drug-likeness (QED) is 0.406. The van der Waals surface area contributed by atoms with Crippen LogP contribution in [0.15, 0.2) is 18.2 Å². The number of carbonyl (C=O) groups excluding carboxylic acids is 1. The van der Waals surface area contributed by atoms with E-state index in [4.69, 9.17) is 5.84 Å². The van der Waals surface area contributed by atoms with Gasteiger partial charge >= 0.3 is 0 Å². The second-order valence-electron chi connectivity index (χ2n) is 4.97. The highest BCUT2D eigenvalue weighted by molar-refractivity contribution is 5.99. The minimum atomic E-state index is -0.572. The number of nitro groups is 1. The highest BCUT2D eigenvalue weighted by Crippen LogP contribution is 2.23. The summed E-state index contributed by atoms with van der Waals surface area (Å²) in [6.45, 7) is 6.02. The van der Waals surface area contributed by atoms with Gasteiger partial charge in [-0.2, -0.15) is 0 Å². The lowest BCUT2D eigenvalue weighted by atomic mass is 9.95. The minimum Gasteiger partial charge on any atom is -0.349 e. The van der Waals surface area contributed by atoms with Crippen LogP contribution in [-0.4, -0.2) is 16.9 Å². The van der Waals surface area contributed by atoms with Gasteiger partial charge in [0.25, 0.3) is 11.6 Å². The zero-order chi connectivity index (χ0) is 16.0. The minimum absolute atomic E-state index is 0.00764. The lowest BCUT2D eigenvalue weighted by molar-refractivity contribution is -0.385. The maximum atomic E-state index is 12.3. The first kappa shape index (κ1) is 16.9. The summed E-state index contributed by atoms with van der Waals surface area (Å²) >= 11 is 0. The summed E-state index contributed by atoms with van der Waals surface area (Å²) in [6, 6.07) is 4.06. The van der Waals surface area contributed by atoms with Crippen molar-refractivity contribution < 1.29 is 9.72 Å². The number of nitrogen functional groups attached to an aromatic ring is 1. The second-order valence-corrected chi connectivity index (χ2v) is 4.97. The van der Waals surface area contributed by atoms with Gasteiger partial charge in [0.05, 0.1) is 4.92 Å². The number of anilines is 1. The first-order chi connectivity index (χ1) is 9.94. The molecule has 1 atom stereocenters. The number of carbonyl (C=O) groups is 1. The monoisotopic (exact) mass is 294 g/mol. The second kappa shape index (κ2) is 7.58. The van der Waals surface area contributed by atoms with E-state index >= 15 is 0 Å². The normalized spacial score (nSPS) is 12.0. The van der Waals surface area contributed by atoms with Crippen LogP contribution in [-0.2, 0) is 0 Å². The number of nitrogens with one attached hydrogen (secondary N) is 2. The van der Waals surface area contributed by atoms with Gasteiger partial charge in [0, 0.05) is 17.8 Å². The zero-order valence-electron chi connectivity index (χ0n) is 12.6. The molecule has 0 aromatic heterocycles. The van der Waals surface area contributed by atoms with Gasteiger partial charge in [-0.1, -0.05) is 26.7 Å². The molecular weight excluding hydrogens is 272 g/mol. The van der Waals surface area contributed by atoms with E-state index in [0.29, 0.717) is 11.6 Å². The van der Waals surface area contributed by atoms with Crippen molar-refractivity contribution in [3.63, 3.8) is 0 Å². The highest BCUT2D eigenvalue weighted by Gasteiger charge is 2.23. The SMILES string of the molecule is CCC(CC)C(C)NC(=O)c1cc(NN)ccc1[N+](=O)[O-]. The molecule has 0 bridgehead atoms. The molecule has 0 saturated heterocycles.